The van der Waals surface area contributed by atoms with Crippen molar-refractivity contribution < 1.29 is 4.42 Å². The third-order valence-electron chi connectivity index (χ3n) is 3.57. The third kappa shape index (κ3) is 3.35. The van der Waals surface area contributed by atoms with Gasteiger partial charge in [-0.05, 0) is 37.9 Å². The molecule has 92 valence electrons. The predicted molar refractivity (Wildman–Crippen MR) is 67.1 cm³/mol. The molecule has 0 amide bonds. The van der Waals surface area contributed by atoms with E-state index < -0.39 is 0 Å². The van der Waals surface area contributed by atoms with Gasteiger partial charge in [-0.3, -0.25) is 0 Å². The summed E-state index contributed by atoms with van der Waals surface area (Å²) in [7, 11) is 2.14. The monoisotopic (exact) mass is 224 g/mol. The van der Waals surface area contributed by atoms with E-state index in [4.69, 9.17) is 10.2 Å². The van der Waals surface area contributed by atoms with E-state index in [2.05, 4.69) is 25.8 Å². The highest BCUT2D eigenvalue weighted by Crippen LogP contribution is 2.26. The molecule has 0 aliphatic rings. The molecule has 3 nitrogen and oxygen atoms in total. The summed E-state index contributed by atoms with van der Waals surface area (Å²) in [4.78, 5) is 2.32. The van der Waals surface area contributed by atoms with Crippen molar-refractivity contribution in [3.05, 3.63) is 24.2 Å². The Labute approximate surface area is 98.6 Å². The highest BCUT2D eigenvalue weighted by molar-refractivity contribution is 5.04. The van der Waals surface area contributed by atoms with Crippen molar-refractivity contribution in [3.63, 3.8) is 0 Å². The van der Waals surface area contributed by atoms with Crippen LogP contribution in [0, 0.1) is 5.41 Å². The first-order valence-electron chi connectivity index (χ1n) is 6.05. The SMILES string of the molecule is CCC(CC)(CN)CN(C)Cc1ccoc1. The topological polar surface area (TPSA) is 42.4 Å². The molecule has 2 N–H and O–H groups in total. The van der Waals surface area contributed by atoms with E-state index in [-0.39, 0.29) is 5.41 Å². The van der Waals surface area contributed by atoms with Crippen LogP contribution in [0.4, 0.5) is 0 Å². The second-order valence-electron chi connectivity index (χ2n) is 4.72. The Morgan fingerprint density at radius 3 is 2.50 bits per heavy atom. The predicted octanol–water partition coefficient (Wildman–Crippen LogP) is 2.48. The average Bonchev–Trinajstić information content (AvgIpc) is 2.79. The molecule has 0 saturated carbocycles. The summed E-state index contributed by atoms with van der Waals surface area (Å²) in [5, 5.41) is 0. The van der Waals surface area contributed by atoms with Gasteiger partial charge < -0.3 is 15.1 Å². The van der Waals surface area contributed by atoms with Gasteiger partial charge in [0.1, 0.15) is 0 Å². The highest BCUT2D eigenvalue weighted by atomic mass is 16.3. The van der Waals surface area contributed by atoms with Crippen LogP contribution in [0.15, 0.2) is 23.0 Å². The third-order valence-corrected chi connectivity index (χ3v) is 3.57. The minimum absolute atomic E-state index is 0.262. The standard InChI is InChI=1S/C13H24N2O/c1-4-13(5-2,10-14)11-15(3)8-12-6-7-16-9-12/h6-7,9H,4-5,8,10-11,14H2,1-3H3. The number of nitrogens with two attached hydrogens (primary N) is 1. The van der Waals surface area contributed by atoms with Crippen molar-refractivity contribution >= 4 is 0 Å². The van der Waals surface area contributed by atoms with E-state index in [1.54, 1.807) is 12.5 Å². The van der Waals surface area contributed by atoms with Crippen molar-refractivity contribution in [2.45, 2.75) is 33.2 Å². The highest BCUT2D eigenvalue weighted by Gasteiger charge is 2.25. The number of hydrogen-bond donors (Lipinski definition) is 1. The lowest BCUT2D eigenvalue weighted by atomic mass is 9.82. The molecule has 0 radical (unpaired) electrons. The molecule has 0 saturated heterocycles. The maximum atomic E-state index is 5.91. The van der Waals surface area contributed by atoms with Crippen molar-refractivity contribution in [2.24, 2.45) is 11.1 Å². The molecule has 1 rings (SSSR count). The number of furan rings is 1. The number of nitrogens with zero attached hydrogens (tertiary/aromatic N) is 1. The molecule has 1 aromatic rings. The molecule has 1 heterocycles. The molecule has 0 bridgehead atoms. The Morgan fingerprint density at radius 2 is 2.06 bits per heavy atom. The zero-order valence-electron chi connectivity index (χ0n) is 10.7. The van der Waals surface area contributed by atoms with Gasteiger partial charge in [-0.1, -0.05) is 13.8 Å². The lowest BCUT2D eigenvalue weighted by Gasteiger charge is -2.34. The smallest absolute Gasteiger partial charge is 0.0947 e. The largest absolute Gasteiger partial charge is 0.472 e. The maximum Gasteiger partial charge on any atom is 0.0947 e. The van der Waals surface area contributed by atoms with E-state index in [0.717, 1.165) is 32.5 Å². The van der Waals surface area contributed by atoms with Crippen LogP contribution in [-0.2, 0) is 6.54 Å². The van der Waals surface area contributed by atoms with Gasteiger partial charge in [0.15, 0.2) is 0 Å². The Hall–Kier alpha value is -0.800. The normalized spacial score (nSPS) is 12.3. The zero-order chi connectivity index (χ0) is 12.0. The Bertz CT molecular complexity index is 270. The van der Waals surface area contributed by atoms with Crippen molar-refractivity contribution in [2.75, 3.05) is 20.1 Å². The summed E-state index contributed by atoms with van der Waals surface area (Å²) in [6.45, 7) is 7.18. The van der Waals surface area contributed by atoms with Crippen LogP contribution in [-0.4, -0.2) is 25.0 Å². The summed E-state index contributed by atoms with van der Waals surface area (Å²) in [5.41, 5.74) is 7.39. The maximum absolute atomic E-state index is 5.91. The van der Waals surface area contributed by atoms with Crippen LogP contribution in [0.3, 0.4) is 0 Å². The minimum atomic E-state index is 0.262. The molecule has 3 heteroatoms. The molecular formula is C13H24N2O. The lowest BCUT2D eigenvalue weighted by molar-refractivity contribution is 0.162. The Balaban J connectivity index is 2.51. The van der Waals surface area contributed by atoms with Gasteiger partial charge in [-0.2, -0.15) is 0 Å². The van der Waals surface area contributed by atoms with Crippen LogP contribution in [0.5, 0.6) is 0 Å². The van der Waals surface area contributed by atoms with Crippen molar-refractivity contribution in [3.8, 4) is 0 Å². The molecule has 0 unspecified atom stereocenters. The molecule has 16 heavy (non-hydrogen) atoms. The second-order valence-corrected chi connectivity index (χ2v) is 4.72. The fourth-order valence-corrected chi connectivity index (χ4v) is 2.15. The van der Waals surface area contributed by atoms with Gasteiger partial charge in [0, 0.05) is 18.7 Å². The van der Waals surface area contributed by atoms with Crippen LogP contribution >= 0.6 is 0 Å². The zero-order valence-corrected chi connectivity index (χ0v) is 10.7. The van der Waals surface area contributed by atoms with Gasteiger partial charge in [-0.15, -0.1) is 0 Å². The van der Waals surface area contributed by atoms with Gasteiger partial charge in [0.05, 0.1) is 12.5 Å². The van der Waals surface area contributed by atoms with E-state index in [1.165, 1.54) is 5.56 Å². The molecule has 0 aliphatic carbocycles. The molecule has 0 spiro atoms. The first-order valence-corrected chi connectivity index (χ1v) is 6.05. The number of hydrogen-bond acceptors (Lipinski definition) is 3. The second kappa shape index (κ2) is 6.06. The van der Waals surface area contributed by atoms with E-state index in [1.807, 2.05) is 6.07 Å². The van der Waals surface area contributed by atoms with Crippen LogP contribution in [0.1, 0.15) is 32.3 Å². The molecular weight excluding hydrogens is 200 g/mol. The molecule has 0 fully saturated rings. The molecule has 0 aliphatic heterocycles. The fraction of sp³-hybridized carbons (Fsp3) is 0.692. The van der Waals surface area contributed by atoms with Gasteiger partial charge in [-0.25, -0.2) is 0 Å². The quantitative estimate of drug-likeness (QED) is 0.773. The summed E-state index contributed by atoms with van der Waals surface area (Å²) >= 11 is 0. The fourth-order valence-electron chi connectivity index (χ4n) is 2.15. The first kappa shape index (κ1) is 13.3. The van der Waals surface area contributed by atoms with Crippen LogP contribution in [0.2, 0.25) is 0 Å². The van der Waals surface area contributed by atoms with E-state index >= 15 is 0 Å². The van der Waals surface area contributed by atoms with Gasteiger partial charge in [0.25, 0.3) is 0 Å². The Kier molecular flexibility index (Phi) is 5.03. The lowest BCUT2D eigenvalue weighted by Crippen LogP contribution is -2.40. The molecule has 0 aromatic carbocycles. The van der Waals surface area contributed by atoms with Crippen LogP contribution in [0.25, 0.3) is 0 Å². The summed E-state index contributed by atoms with van der Waals surface area (Å²) < 4.78 is 5.07. The Morgan fingerprint density at radius 1 is 1.38 bits per heavy atom. The first-order chi connectivity index (χ1) is 7.65. The van der Waals surface area contributed by atoms with E-state index in [9.17, 15) is 0 Å². The van der Waals surface area contributed by atoms with Crippen molar-refractivity contribution in [1.29, 1.82) is 0 Å². The van der Waals surface area contributed by atoms with Crippen molar-refractivity contribution in [1.82, 2.24) is 4.90 Å². The summed E-state index contributed by atoms with van der Waals surface area (Å²) in [5.74, 6) is 0. The molecule has 0 atom stereocenters. The minimum Gasteiger partial charge on any atom is -0.472 e. The van der Waals surface area contributed by atoms with Gasteiger partial charge in [0.2, 0.25) is 0 Å². The molecule has 1 aromatic heterocycles. The summed E-state index contributed by atoms with van der Waals surface area (Å²) in [6, 6.07) is 2.01. The van der Waals surface area contributed by atoms with E-state index in [0.29, 0.717) is 0 Å². The number of rotatable bonds is 7. The van der Waals surface area contributed by atoms with Gasteiger partial charge >= 0.3 is 0 Å². The summed E-state index contributed by atoms with van der Waals surface area (Å²) in [6.07, 6.45) is 5.79. The van der Waals surface area contributed by atoms with Crippen LogP contribution < -0.4 is 5.73 Å². The average molecular weight is 224 g/mol.